The van der Waals surface area contributed by atoms with Crippen LogP contribution in [0.25, 0.3) is 11.0 Å². The number of aliphatic hydroxyl groups is 2. The Hall–Kier alpha value is -1.04. The normalized spacial score (nSPS) is 30.2. The smallest absolute Gasteiger partial charge is 0.164 e. The molecule has 0 bridgehead atoms. The molecular formula is C11H12FIN4O3. The maximum absolute atomic E-state index is 12.7. The summed E-state index contributed by atoms with van der Waals surface area (Å²) in [6.07, 6.45) is -1.50. The third-order valence-electron chi connectivity index (χ3n) is 3.36. The van der Waals surface area contributed by atoms with Gasteiger partial charge in [-0.2, -0.15) is 0 Å². The zero-order valence-electron chi connectivity index (χ0n) is 10.1. The van der Waals surface area contributed by atoms with E-state index < -0.39 is 31.2 Å². The molecule has 7 nitrogen and oxygen atoms in total. The molecule has 1 aliphatic rings. The van der Waals surface area contributed by atoms with Crippen molar-refractivity contribution in [2.45, 2.75) is 24.5 Å². The Labute approximate surface area is 126 Å². The van der Waals surface area contributed by atoms with Gasteiger partial charge in [0.2, 0.25) is 0 Å². The Kier molecular flexibility index (Phi) is 3.52. The first-order chi connectivity index (χ1) is 9.54. The van der Waals surface area contributed by atoms with Crippen molar-refractivity contribution >= 4 is 39.4 Å². The van der Waals surface area contributed by atoms with Gasteiger partial charge in [-0.25, -0.2) is 14.4 Å². The topological polar surface area (TPSA) is 106 Å². The van der Waals surface area contributed by atoms with E-state index >= 15 is 0 Å². The van der Waals surface area contributed by atoms with Gasteiger partial charge in [0.25, 0.3) is 0 Å². The molecule has 108 valence electrons. The molecule has 0 saturated carbocycles. The second-order valence-electron chi connectivity index (χ2n) is 4.54. The summed E-state index contributed by atoms with van der Waals surface area (Å²) in [6.45, 7) is -0.873. The molecule has 4 N–H and O–H groups in total. The van der Waals surface area contributed by atoms with Gasteiger partial charge < -0.3 is 25.3 Å². The number of rotatable bonds is 2. The number of hydrogen-bond acceptors (Lipinski definition) is 6. The molecule has 0 spiro atoms. The van der Waals surface area contributed by atoms with Crippen LogP contribution in [-0.2, 0) is 4.74 Å². The van der Waals surface area contributed by atoms with Gasteiger partial charge in [-0.15, -0.1) is 0 Å². The fourth-order valence-electron chi connectivity index (χ4n) is 2.34. The Bertz CT molecular complexity index is 652. The van der Waals surface area contributed by atoms with Crippen LogP contribution in [0.3, 0.4) is 0 Å². The molecule has 0 radical (unpaired) electrons. The highest BCUT2D eigenvalue weighted by molar-refractivity contribution is 14.1. The minimum Gasteiger partial charge on any atom is -0.387 e. The first kappa shape index (κ1) is 13.9. The van der Waals surface area contributed by atoms with Crippen molar-refractivity contribution in [3.8, 4) is 0 Å². The van der Waals surface area contributed by atoms with E-state index in [0.717, 1.165) is 3.57 Å². The molecule has 1 aliphatic heterocycles. The first-order valence-electron chi connectivity index (χ1n) is 5.88. The Balaban J connectivity index is 2.10. The maximum Gasteiger partial charge on any atom is 0.164 e. The molecule has 2 aromatic rings. The van der Waals surface area contributed by atoms with Crippen LogP contribution in [0.2, 0.25) is 0 Å². The summed E-state index contributed by atoms with van der Waals surface area (Å²) in [6, 6.07) is 0. The van der Waals surface area contributed by atoms with Gasteiger partial charge >= 0.3 is 0 Å². The molecule has 1 saturated heterocycles. The molecule has 1 fully saturated rings. The van der Waals surface area contributed by atoms with Gasteiger partial charge in [0.1, 0.15) is 42.8 Å². The molecule has 3 heterocycles. The molecule has 0 aromatic carbocycles. The lowest BCUT2D eigenvalue weighted by Crippen LogP contribution is -2.32. The maximum atomic E-state index is 12.7. The summed E-state index contributed by atoms with van der Waals surface area (Å²) in [5, 5.41) is 20.4. The lowest BCUT2D eigenvalue weighted by Gasteiger charge is -2.17. The largest absolute Gasteiger partial charge is 0.387 e. The number of anilines is 1. The van der Waals surface area contributed by atoms with Crippen molar-refractivity contribution in [1.82, 2.24) is 14.5 Å². The number of aliphatic hydroxyl groups excluding tert-OH is 2. The van der Waals surface area contributed by atoms with Crippen molar-refractivity contribution in [3.05, 3.63) is 16.1 Å². The standard InChI is InChI=1S/C11H12FIN4O3/c12-1-5-7(18)8(19)11(20-5)17-2-4(13)6-9(14)15-3-16-10(6)17/h2-3,5,7-8,11,18-19H,1H2,(H2,14,15,16)/t5-,7-,8-,11-/m1/s1. The van der Waals surface area contributed by atoms with Crippen molar-refractivity contribution in [2.75, 3.05) is 12.4 Å². The number of alkyl halides is 1. The lowest BCUT2D eigenvalue weighted by atomic mass is 10.1. The second kappa shape index (κ2) is 5.06. The zero-order chi connectivity index (χ0) is 14.4. The molecule has 9 heteroatoms. The Morgan fingerprint density at radius 2 is 2.15 bits per heavy atom. The number of nitrogens with zero attached hydrogens (tertiary/aromatic N) is 3. The van der Waals surface area contributed by atoms with Gasteiger partial charge in [-0.05, 0) is 22.6 Å². The van der Waals surface area contributed by atoms with Crippen LogP contribution in [0.15, 0.2) is 12.5 Å². The summed E-state index contributed by atoms with van der Waals surface area (Å²) in [5.41, 5.74) is 6.27. The number of aromatic nitrogens is 3. The van der Waals surface area contributed by atoms with Crippen LogP contribution in [-0.4, -0.2) is 49.7 Å². The minimum atomic E-state index is -1.28. The number of ether oxygens (including phenoxy) is 1. The Morgan fingerprint density at radius 3 is 2.80 bits per heavy atom. The summed E-state index contributed by atoms with van der Waals surface area (Å²) in [7, 11) is 0. The van der Waals surface area contributed by atoms with E-state index in [2.05, 4.69) is 32.6 Å². The second-order valence-corrected chi connectivity index (χ2v) is 5.70. The van der Waals surface area contributed by atoms with E-state index in [-0.39, 0.29) is 0 Å². The molecule has 0 aliphatic carbocycles. The molecular weight excluding hydrogens is 382 g/mol. The Morgan fingerprint density at radius 1 is 1.40 bits per heavy atom. The number of nitrogen functional groups attached to an aromatic ring is 1. The van der Waals surface area contributed by atoms with Gasteiger partial charge in [0.15, 0.2) is 6.23 Å². The van der Waals surface area contributed by atoms with E-state index in [4.69, 9.17) is 10.5 Å². The van der Waals surface area contributed by atoms with E-state index in [1.165, 1.54) is 6.33 Å². The fourth-order valence-corrected chi connectivity index (χ4v) is 3.16. The van der Waals surface area contributed by atoms with Crippen LogP contribution < -0.4 is 5.73 Å². The molecule has 3 rings (SSSR count). The molecule has 2 aromatic heterocycles. The van der Waals surface area contributed by atoms with Crippen molar-refractivity contribution in [2.24, 2.45) is 0 Å². The van der Waals surface area contributed by atoms with Gasteiger partial charge in [0.05, 0.1) is 5.39 Å². The van der Waals surface area contributed by atoms with Crippen LogP contribution in [0, 0.1) is 3.57 Å². The van der Waals surface area contributed by atoms with Crippen LogP contribution >= 0.6 is 22.6 Å². The quantitative estimate of drug-likeness (QED) is 0.629. The van der Waals surface area contributed by atoms with Crippen LogP contribution in [0.5, 0.6) is 0 Å². The predicted octanol–water partition coefficient (Wildman–Crippen LogP) is 0.207. The van der Waals surface area contributed by atoms with Gasteiger partial charge in [-0.1, -0.05) is 0 Å². The van der Waals surface area contributed by atoms with E-state index in [1.807, 2.05) is 0 Å². The van der Waals surface area contributed by atoms with E-state index in [9.17, 15) is 14.6 Å². The zero-order valence-corrected chi connectivity index (χ0v) is 12.3. The van der Waals surface area contributed by atoms with Crippen molar-refractivity contribution < 1.29 is 19.3 Å². The molecule has 4 atom stereocenters. The average molecular weight is 394 g/mol. The summed E-state index contributed by atoms with van der Waals surface area (Å²) in [5.74, 6) is 0.313. The van der Waals surface area contributed by atoms with Gasteiger partial charge in [0, 0.05) is 9.77 Å². The van der Waals surface area contributed by atoms with E-state index in [1.54, 1.807) is 10.8 Å². The van der Waals surface area contributed by atoms with Crippen molar-refractivity contribution in [3.63, 3.8) is 0 Å². The first-order valence-corrected chi connectivity index (χ1v) is 6.96. The highest BCUT2D eigenvalue weighted by Crippen LogP contribution is 2.34. The molecule has 20 heavy (non-hydrogen) atoms. The van der Waals surface area contributed by atoms with Gasteiger partial charge in [-0.3, -0.25) is 0 Å². The van der Waals surface area contributed by atoms with Crippen molar-refractivity contribution in [1.29, 1.82) is 0 Å². The summed E-state index contributed by atoms with van der Waals surface area (Å²) >= 11 is 2.06. The predicted molar refractivity (Wildman–Crippen MR) is 76.6 cm³/mol. The summed E-state index contributed by atoms with van der Waals surface area (Å²) in [4.78, 5) is 8.03. The number of nitrogens with two attached hydrogens (primary N) is 1. The lowest BCUT2D eigenvalue weighted by molar-refractivity contribution is -0.0406. The monoisotopic (exact) mass is 394 g/mol. The van der Waals surface area contributed by atoms with Crippen LogP contribution in [0.1, 0.15) is 6.23 Å². The number of halogens is 2. The van der Waals surface area contributed by atoms with Crippen LogP contribution in [0.4, 0.5) is 10.2 Å². The molecule has 0 unspecified atom stereocenters. The SMILES string of the molecule is Nc1ncnc2c1c(I)cn2[C@@H]1O[C@H](CF)[C@@H](O)[C@H]1O. The number of fused-ring (bicyclic) bond motifs is 1. The highest BCUT2D eigenvalue weighted by Gasteiger charge is 2.44. The average Bonchev–Trinajstić information content (AvgIpc) is 2.90. The number of hydrogen-bond donors (Lipinski definition) is 3. The van der Waals surface area contributed by atoms with E-state index in [0.29, 0.717) is 16.9 Å². The fraction of sp³-hybridized carbons (Fsp3) is 0.455. The third-order valence-corrected chi connectivity index (χ3v) is 4.17. The summed E-state index contributed by atoms with van der Waals surface area (Å²) < 4.78 is 20.4. The third kappa shape index (κ3) is 1.96. The molecule has 0 amide bonds. The minimum absolute atomic E-state index is 0.313. The highest BCUT2D eigenvalue weighted by atomic mass is 127.